The van der Waals surface area contributed by atoms with Gasteiger partial charge < -0.3 is 24.2 Å². The van der Waals surface area contributed by atoms with E-state index in [0.29, 0.717) is 19.3 Å². The highest BCUT2D eigenvalue weighted by molar-refractivity contribution is 7.47. The highest BCUT2D eigenvalue weighted by Gasteiger charge is 2.28. The standard InChI is InChI=1S/C66H113O11P/c1-4-7-10-13-16-19-22-25-28-30-31-33-35-37-40-43-46-49-52-55-64(68)73-59-63(77-66(70)57-54-51-48-45-42-39-36-32-29-26-23-20-17-14-11-8-5-2)61-75-78(71,72)74-60-62(58-67)76-65(69)56-53-50-47-44-41-38-34-27-24-21-18-15-12-9-6-3/h8-9,11-12,16-21,25-29,34,62-63,67H,4-7,10,13-15,22-24,30-33,35-61H2,1-3H3,(H,71,72)/b11-8-,12-9-,19-16-,20-17-,21-18-,28-25-,29-26-,34-27-. The van der Waals surface area contributed by atoms with Crippen molar-refractivity contribution in [2.24, 2.45) is 0 Å². The van der Waals surface area contributed by atoms with E-state index in [9.17, 15) is 28.9 Å². The summed E-state index contributed by atoms with van der Waals surface area (Å²) in [5, 5.41) is 9.84. The molecule has 0 spiro atoms. The number of rotatable bonds is 57. The van der Waals surface area contributed by atoms with Gasteiger partial charge in [-0.05, 0) is 116 Å². The van der Waals surface area contributed by atoms with Crippen LogP contribution in [0.15, 0.2) is 97.2 Å². The molecule has 0 aliphatic rings. The van der Waals surface area contributed by atoms with Gasteiger partial charge in [-0.2, -0.15) is 0 Å². The van der Waals surface area contributed by atoms with Gasteiger partial charge in [0.1, 0.15) is 12.7 Å². The lowest BCUT2D eigenvalue weighted by Crippen LogP contribution is -2.30. The van der Waals surface area contributed by atoms with E-state index in [1.54, 1.807) is 0 Å². The van der Waals surface area contributed by atoms with Crippen LogP contribution in [0.25, 0.3) is 0 Å². The van der Waals surface area contributed by atoms with Crippen molar-refractivity contribution in [3.63, 3.8) is 0 Å². The molecule has 12 heteroatoms. The maximum absolute atomic E-state index is 12.9. The van der Waals surface area contributed by atoms with Crippen LogP contribution in [0.2, 0.25) is 0 Å². The molecule has 2 N–H and O–H groups in total. The lowest BCUT2D eigenvalue weighted by atomic mass is 10.1. The number of hydrogen-bond donors (Lipinski definition) is 2. The minimum Gasteiger partial charge on any atom is -0.462 e. The highest BCUT2D eigenvalue weighted by Crippen LogP contribution is 2.43. The van der Waals surface area contributed by atoms with Crippen molar-refractivity contribution >= 4 is 25.7 Å². The van der Waals surface area contributed by atoms with E-state index in [0.717, 1.165) is 141 Å². The summed E-state index contributed by atoms with van der Waals surface area (Å²) in [6.45, 7) is 4.38. The van der Waals surface area contributed by atoms with Gasteiger partial charge in [0.2, 0.25) is 0 Å². The van der Waals surface area contributed by atoms with Gasteiger partial charge in [-0.25, -0.2) is 4.57 Å². The molecule has 0 heterocycles. The fraction of sp³-hybridized carbons (Fsp3) is 0.712. The number of ether oxygens (including phenoxy) is 3. The van der Waals surface area contributed by atoms with E-state index >= 15 is 0 Å². The molecule has 0 saturated heterocycles. The summed E-state index contributed by atoms with van der Waals surface area (Å²) in [5.74, 6) is -1.50. The molecule has 0 bridgehead atoms. The zero-order valence-corrected chi connectivity index (χ0v) is 50.5. The molecule has 0 radical (unpaired) electrons. The maximum Gasteiger partial charge on any atom is 0.472 e. The fourth-order valence-electron chi connectivity index (χ4n) is 8.30. The minimum absolute atomic E-state index is 0.151. The number of hydrogen-bond acceptors (Lipinski definition) is 10. The second kappa shape index (κ2) is 59.5. The second-order valence-electron chi connectivity index (χ2n) is 20.5. The van der Waals surface area contributed by atoms with E-state index in [4.69, 9.17) is 23.3 Å². The Hall–Kier alpha value is -3.60. The van der Waals surface area contributed by atoms with Crippen LogP contribution in [0.4, 0.5) is 0 Å². The van der Waals surface area contributed by atoms with E-state index in [1.165, 1.54) is 64.2 Å². The number of aliphatic hydroxyl groups excluding tert-OH is 1. The van der Waals surface area contributed by atoms with Gasteiger partial charge in [0.05, 0.1) is 19.8 Å². The first-order valence-corrected chi connectivity index (χ1v) is 32.6. The Balaban J connectivity index is 4.74. The molecule has 0 aliphatic carbocycles. The Kier molecular flexibility index (Phi) is 56.8. The molecule has 0 aromatic rings. The molecular formula is C66H113O11P. The number of unbranched alkanes of at least 4 members (excludes halogenated alkanes) is 24. The summed E-state index contributed by atoms with van der Waals surface area (Å²) in [5.41, 5.74) is 0. The Morgan fingerprint density at radius 1 is 0.372 bits per heavy atom. The molecule has 0 aromatic heterocycles. The number of phosphoric ester groups is 1. The SMILES string of the molecule is CC/C=C\C/C=C\C/C=C\CCCCCCCCCC(=O)OC(COC(=O)CCCCCCCCCCC/C=C\C/C=C\CCCCC)COP(=O)(O)OCC(CO)OC(=O)CCCCCCC/C=C\C/C=C\C/C=C\CC. The van der Waals surface area contributed by atoms with E-state index < -0.39 is 57.8 Å². The third kappa shape index (κ3) is 57.1. The number of allylic oxidation sites excluding steroid dienone is 16. The molecule has 0 fully saturated rings. The summed E-state index contributed by atoms with van der Waals surface area (Å²) in [7, 11) is -4.76. The van der Waals surface area contributed by atoms with E-state index in [1.807, 2.05) is 0 Å². The van der Waals surface area contributed by atoms with Crippen LogP contribution in [0.1, 0.15) is 265 Å². The molecule has 0 aromatic carbocycles. The normalized spacial score (nSPS) is 14.0. The summed E-state index contributed by atoms with van der Waals surface area (Å²) >= 11 is 0. The smallest absolute Gasteiger partial charge is 0.462 e. The Labute approximate surface area is 476 Å². The van der Waals surface area contributed by atoms with Crippen molar-refractivity contribution < 1.29 is 52.2 Å². The van der Waals surface area contributed by atoms with Gasteiger partial charge in [-0.3, -0.25) is 23.4 Å². The molecule has 78 heavy (non-hydrogen) atoms. The van der Waals surface area contributed by atoms with Crippen LogP contribution in [0.3, 0.4) is 0 Å². The lowest BCUT2D eigenvalue weighted by molar-refractivity contribution is -0.161. The van der Waals surface area contributed by atoms with Gasteiger partial charge in [0.25, 0.3) is 0 Å². The molecular weight excluding hydrogens is 1000 g/mol. The molecule has 0 aliphatic heterocycles. The van der Waals surface area contributed by atoms with Gasteiger partial charge >= 0.3 is 25.7 Å². The van der Waals surface area contributed by atoms with Crippen LogP contribution in [-0.4, -0.2) is 66.5 Å². The predicted molar refractivity (Wildman–Crippen MR) is 325 cm³/mol. The van der Waals surface area contributed by atoms with Crippen LogP contribution in [0.5, 0.6) is 0 Å². The average Bonchev–Trinajstić information content (AvgIpc) is 3.43. The minimum atomic E-state index is -4.76. The molecule has 0 amide bonds. The number of esters is 3. The molecule has 3 unspecified atom stereocenters. The highest BCUT2D eigenvalue weighted by atomic mass is 31.2. The number of carbonyl (C=O) groups is 3. The van der Waals surface area contributed by atoms with Gasteiger partial charge in [-0.1, -0.05) is 227 Å². The average molecular weight is 1110 g/mol. The fourth-order valence-corrected chi connectivity index (χ4v) is 9.08. The van der Waals surface area contributed by atoms with Gasteiger partial charge in [0.15, 0.2) is 6.10 Å². The van der Waals surface area contributed by atoms with Crippen molar-refractivity contribution in [1.29, 1.82) is 0 Å². The summed E-state index contributed by atoms with van der Waals surface area (Å²) in [4.78, 5) is 48.7. The third-order valence-electron chi connectivity index (χ3n) is 13.0. The molecule has 11 nitrogen and oxygen atoms in total. The predicted octanol–water partition coefficient (Wildman–Crippen LogP) is 18.8. The first-order chi connectivity index (χ1) is 38.2. The van der Waals surface area contributed by atoms with Crippen molar-refractivity contribution in [1.82, 2.24) is 0 Å². The molecule has 3 atom stereocenters. The topological polar surface area (TPSA) is 155 Å². The first kappa shape index (κ1) is 74.4. The largest absolute Gasteiger partial charge is 0.472 e. The maximum atomic E-state index is 12.9. The summed E-state index contributed by atoms with van der Waals surface area (Å²) in [6, 6.07) is 0. The number of phosphoric acid groups is 1. The number of aliphatic hydroxyl groups is 1. The lowest BCUT2D eigenvalue weighted by Gasteiger charge is -2.21. The zero-order valence-electron chi connectivity index (χ0n) is 49.6. The summed E-state index contributed by atoms with van der Waals surface area (Å²) in [6.07, 6.45) is 70.7. The number of carbonyl (C=O) groups excluding carboxylic acids is 3. The monoisotopic (exact) mass is 1110 g/mol. The van der Waals surface area contributed by atoms with Crippen molar-refractivity contribution in [2.45, 2.75) is 277 Å². The van der Waals surface area contributed by atoms with E-state index in [2.05, 4.69) is 118 Å². The van der Waals surface area contributed by atoms with Crippen LogP contribution < -0.4 is 0 Å². The Morgan fingerprint density at radius 2 is 0.667 bits per heavy atom. The zero-order chi connectivity index (χ0) is 56.9. The van der Waals surface area contributed by atoms with Crippen LogP contribution in [-0.2, 0) is 42.2 Å². The third-order valence-corrected chi connectivity index (χ3v) is 13.9. The van der Waals surface area contributed by atoms with Crippen LogP contribution >= 0.6 is 7.82 Å². The van der Waals surface area contributed by atoms with E-state index in [-0.39, 0.29) is 25.9 Å². The Bertz CT molecular complexity index is 1680. The van der Waals surface area contributed by atoms with Crippen molar-refractivity contribution in [3.8, 4) is 0 Å². The second-order valence-corrected chi connectivity index (χ2v) is 21.9. The quantitative estimate of drug-likeness (QED) is 0.0197. The van der Waals surface area contributed by atoms with Gasteiger partial charge in [-0.15, -0.1) is 0 Å². The Morgan fingerprint density at radius 3 is 1.03 bits per heavy atom. The first-order valence-electron chi connectivity index (χ1n) is 31.1. The van der Waals surface area contributed by atoms with Gasteiger partial charge in [0, 0.05) is 19.3 Å². The molecule has 0 saturated carbocycles. The van der Waals surface area contributed by atoms with Crippen LogP contribution in [0, 0.1) is 0 Å². The summed E-state index contributed by atoms with van der Waals surface area (Å²) < 4.78 is 39.6. The van der Waals surface area contributed by atoms with Crippen molar-refractivity contribution in [3.05, 3.63) is 97.2 Å². The molecule has 0 rings (SSSR count). The van der Waals surface area contributed by atoms with Crippen molar-refractivity contribution in [2.75, 3.05) is 26.4 Å². The molecule has 448 valence electrons.